The third-order valence-corrected chi connectivity index (χ3v) is 7.45. The lowest BCUT2D eigenvalue weighted by atomic mass is 9.76. The second-order valence-electron chi connectivity index (χ2n) is 8.78. The van der Waals surface area contributed by atoms with Crippen molar-refractivity contribution >= 4 is 28.2 Å². The van der Waals surface area contributed by atoms with E-state index in [1.165, 1.54) is 16.5 Å². The smallest absolute Gasteiger partial charge is 0.242 e. The van der Waals surface area contributed by atoms with Crippen LogP contribution >= 0.6 is 0 Å². The van der Waals surface area contributed by atoms with Crippen molar-refractivity contribution in [1.82, 2.24) is 15.2 Å². The van der Waals surface area contributed by atoms with Gasteiger partial charge in [-0.15, -0.1) is 0 Å². The van der Waals surface area contributed by atoms with E-state index in [9.17, 15) is 4.79 Å². The molecule has 0 bridgehead atoms. The summed E-state index contributed by atoms with van der Waals surface area (Å²) in [5.74, 6) is 0.188. The van der Waals surface area contributed by atoms with Gasteiger partial charge in [-0.25, -0.2) is 0 Å². The maximum absolute atomic E-state index is 13.8. The lowest BCUT2D eigenvalue weighted by Gasteiger charge is -2.26. The molecular weight excluding hydrogens is 384 g/mol. The molecule has 2 aromatic carbocycles. The molecule has 3 heterocycles. The summed E-state index contributed by atoms with van der Waals surface area (Å²) in [6, 6.07) is 14.5. The number of anilines is 2. The fraction of sp³-hybridized carbons (Fsp3) is 0.308. The van der Waals surface area contributed by atoms with Gasteiger partial charge in [0.1, 0.15) is 0 Å². The number of aromatic nitrogens is 3. The number of aryl methyl sites for hydroxylation is 2. The number of carbonyl (C=O) groups is 1. The van der Waals surface area contributed by atoms with Gasteiger partial charge in [-0.3, -0.25) is 14.8 Å². The summed E-state index contributed by atoms with van der Waals surface area (Å²) in [6.07, 6.45) is 6.67. The highest BCUT2D eigenvalue weighted by Gasteiger charge is 2.49. The molecule has 2 aromatic heterocycles. The number of hydrogen-bond donors (Lipinski definition) is 2. The minimum atomic E-state index is -0.485. The first-order valence-corrected chi connectivity index (χ1v) is 11.3. The molecule has 0 saturated heterocycles. The van der Waals surface area contributed by atoms with Gasteiger partial charge >= 0.3 is 0 Å². The number of nitrogens with one attached hydrogen (secondary N) is 2. The van der Waals surface area contributed by atoms with Crippen molar-refractivity contribution in [3.63, 3.8) is 0 Å². The molecular formula is C26H26N4O. The SMILES string of the molecule is CCC1(CC)C(=O)N(c2ccccc2)c2cc3c4c([nH]c3cc21)-c1[nH]ncc1CCC4. The first-order valence-electron chi connectivity index (χ1n) is 11.3. The van der Waals surface area contributed by atoms with Gasteiger partial charge in [0.2, 0.25) is 5.91 Å². The molecule has 0 unspecified atom stereocenters. The van der Waals surface area contributed by atoms with E-state index in [0.717, 1.165) is 65.9 Å². The summed E-state index contributed by atoms with van der Waals surface area (Å²) in [7, 11) is 0. The van der Waals surface area contributed by atoms with Crippen LogP contribution in [0.1, 0.15) is 49.8 Å². The number of benzene rings is 2. The van der Waals surface area contributed by atoms with Gasteiger partial charge in [0.25, 0.3) is 0 Å². The van der Waals surface area contributed by atoms with Crippen LogP contribution in [-0.4, -0.2) is 21.1 Å². The number of para-hydroxylation sites is 1. The van der Waals surface area contributed by atoms with Crippen LogP contribution in [0.3, 0.4) is 0 Å². The van der Waals surface area contributed by atoms with Gasteiger partial charge in [-0.2, -0.15) is 5.10 Å². The quantitative estimate of drug-likeness (QED) is 0.449. The maximum atomic E-state index is 13.8. The van der Waals surface area contributed by atoms with Gasteiger partial charge < -0.3 is 4.98 Å². The number of nitrogens with zero attached hydrogens (tertiary/aromatic N) is 2. The van der Waals surface area contributed by atoms with Crippen LogP contribution in [0.4, 0.5) is 11.4 Å². The zero-order valence-electron chi connectivity index (χ0n) is 18.0. The third kappa shape index (κ3) is 2.37. The largest absolute Gasteiger partial charge is 0.353 e. The van der Waals surface area contributed by atoms with Crippen molar-refractivity contribution in [2.75, 3.05) is 4.90 Å². The second kappa shape index (κ2) is 6.58. The zero-order chi connectivity index (χ0) is 21.2. The van der Waals surface area contributed by atoms with Gasteiger partial charge in [-0.05, 0) is 73.1 Å². The lowest BCUT2D eigenvalue weighted by Crippen LogP contribution is -2.37. The molecule has 4 aromatic rings. The lowest BCUT2D eigenvalue weighted by molar-refractivity contribution is -0.122. The summed E-state index contributed by atoms with van der Waals surface area (Å²) in [5.41, 5.74) is 8.60. The summed E-state index contributed by atoms with van der Waals surface area (Å²) in [4.78, 5) is 19.4. The molecule has 1 aliphatic carbocycles. The van der Waals surface area contributed by atoms with Crippen molar-refractivity contribution in [2.45, 2.75) is 51.4 Å². The highest BCUT2D eigenvalue weighted by Crippen LogP contribution is 2.51. The first-order chi connectivity index (χ1) is 15.2. The molecule has 2 aliphatic rings. The molecule has 6 rings (SSSR count). The van der Waals surface area contributed by atoms with Crippen molar-refractivity contribution in [2.24, 2.45) is 0 Å². The number of aromatic amines is 2. The predicted octanol–water partition coefficient (Wildman–Crippen LogP) is 5.78. The fourth-order valence-corrected chi connectivity index (χ4v) is 5.71. The summed E-state index contributed by atoms with van der Waals surface area (Å²) in [6.45, 7) is 4.26. The van der Waals surface area contributed by atoms with E-state index in [2.05, 4.69) is 41.2 Å². The molecule has 2 N–H and O–H groups in total. The van der Waals surface area contributed by atoms with Crippen molar-refractivity contribution in [1.29, 1.82) is 0 Å². The molecule has 0 atom stereocenters. The normalized spacial score (nSPS) is 16.8. The molecule has 156 valence electrons. The molecule has 31 heavy (non-hydrogen) atoms. The van der Waals surface area contributed by atoms with Crippen molar-refractivity contribution in [3.05, 3.63) is 65.4 Å². The Morgan fingerprint density at radius 2 is 1.87 bits per heavy atom. The Bertz CT molecular complexity index is 1310. The number of hydrogen-bond acceptors (Lipinski definition) is 2. The van der Waals surface area contributed by atoms with Gasteiger partial charge in [0.05, 0.1) is 28.7 Å². The molecule has 0 spiro atoms. The van der Waals surface area contributed by atoms with Gasteiger partial charge in [0.15, 0.2) is 0 Å². The van der Waals surface area contributed by atoms with E-state index < -0.39 is 5.41 Å². The molecule has 0 fully saturated rings. The highest BCUT2D eigenvalue weighted by molar-refractivity contribution is 6.15. The number of carbonyl (C=O) groups excluding carboxylic acids is 1. The summed E-state index contributed by atoms with van der Waals surface area (Å²) >= 11 is 0. The predicted molar refractivity (Wildman–Crippen MR) is 124 cm³/mol. The Morgan fingerprint density at radius 3 is 2.65 bits per heavy atom. The van der Waals surface area contributed by atoms with Crippen molar-refractivity contribution in [3.8, 4) is 11.4 Å². The van der Waals surface area contributed by atoms with Crippen LogP contribution in [0.2, 0.25) is 0 Å². The van der Waals surface area contributed by atoms with Crippen LogP contribution in [-0.2, 0) is 23.1 Å². The standard InChI is InChI=1S/C26H26N4O/c1-3-26(4-2)20-14-21-19(13-22(20)30(25(26)31)17-10-6-5-7-11-17)18-12-8-9-16-15-27-29-23(16)24(18)28-21/h5-7,10-11,13-15,28H,3-4,8-9,12H2,1-2H3,(H,27,29). The van der Waals surface area contributed by atoms with E-state index >= 15 is 0 Å². The van der Waals surface area contributed by atoms with Crippen LogP contribution in [0.5, 0.6) is 0 Å². The van der Waals surface area contributed by atoms with E-state index in [1.54, 1.807) is 0 Å². The minimum Gasteiger partial charge on any atom is -0.353 e. The number of amides is 1. The Hall–Kier alpha value is -3.34. The molecule has 5 nitrogen and oxygen atoms in total. The fourth-order valence-electron chi connectivity index (χ4n) is 5.71. The third-order valence-electron chi connectivity index (χ3n) is 7.45. The number of rotatable bonds is 3. The Balaban J connectivity index is 1.64. The zero-order valence-corrected chi connectivity index (χ0v) is 18.0. The Morgan fingerprint density at radius 1 is 1.06 bits per heavy atom. The second-order valence-corrected chi connectivity index (χ2v) is 8.78. The van der Waals surface area contributed by atoms with Gasteiger partial charge in [0, 0.05) is 16.6 Å². The van der Waals surface area contributed by atoms with Crippen LogP contribution in [0.25, 0.3) is 22.3 Å². The van der Waals surface area contributed by atoms with E-state index in [1.807, 2.05) is 41.4 Å². The average molecular weight is 411 g/mol. The van der Waals surface area contributed by atoms with E-state index in [0.29, 0.717) is 0 Å². The Labute approximate surface area is 181 Å². The summed E-state index contributed by atoms with van der Waals surface area (Å²) in [5, 5.41) is 8.71. The van der Waals surface area contributed by atoms with Crippen molar-refractivity contribution < 1.29 is 4.79 Å². The van der Waals surface area contributed by atoms with Crippen LogP contribution in [0.15, 0.2) is 48.7 Å². The van der Waals surface area contributed by atoms with Crippen LogP contribution < -0.4 is 4.90 Å². The topological polar surface area (TPSA) is 64.8 Å². The molecule has 0 radical (unpaired) electrons. The molecule has 5 heteroatoms. The Kier molecular flexibility index (Phi) is 3.91. The minimum absolute atomic E-state index is 0.188. The first kappa shape index (κ1) is 18.4. The molecule has 1 aliphatic heterocycles. The summed E-state index contributed by atoms with van der Waals surface area (Å²) < 4.78 is 0. The van der Waals surface area contributed by atoms with E-state index in [4.69, 9.17) is 0 Å². The highest BCUT2D eigenvalue weighted by atomic mass is 16.2. The monoisotopic (exact) mass is 410 g/mol. The molecule has 1 amide bonds. The average Bonchev–Trinajstić information content (AvgIpc) is 3.43. The number of fused-ring (bicyclic) bond motifs is 6. The van der Waals surface area contributed by atoms with Crippen LogP contribution in [0, 0.1) is 0 Å². The van der Waals surface area contributed by atoms with Gasteiger partial charge in [-0.1, -0.05) is 32.0 Å². The van der Waals surface area contributed by atoms with E-state index in [-0.39, 0.29) is 5.91 Å². The maximum Gasteiger partial charge on any atom is 0.242 e. The molecule has 0 saturated carbocycles. The number of H-pyrrole nitrogens is 2.